The Morgan fingerprint density at radius 2 is 1.76 bits per heavy atom. The van der Waals surface area contributed by atoms with Gasteiger partial charge in [-0.05, 0) is 50.6 Å². The molecule has 0 aliphatic carbocycles. The molecule has 1 aliphatic rings. The number of ether oxygens (including phenoxy) is 3. The standard InChI is InChI=1S/C30H33F3N6O10S/c1-4-45-29(42)47-20(3)48-39-38(49-39)36-16-15-23(36)18-46-28(41)14-13-27(40)35-50(43,44)24-11-9-22(10-12-24)37-25(17-26(34-37)30(31,32)33)21-7-5-19(2)6-8-21/h5-12,17,20,23H,4,13-16,18H2,1-3H3,(H,35,40)/t20?,23-,38?,39?/m0/s1. The van der Waals surface area contributed by atoms with E-state index < -0.39 is 59.1 Å². The first-order valence-electron chi connectivity index (χ1n) is 15.3. The monoisotopic (exact) mass is 726 g/mol. The average Bonchev–Trinajstić information content (AvgIpc) is 3.58. The minimum absolute atomic E-state index is 0.0555. The number of aryl methyl sites for hydroxylation is 1. The van der Waals surface area contributed by atoms with E-state index in [1.165, 1.54) is 24.0 Å². The molecular weight excluding hydrogens is 693 g/mol. The molecule has 1 saturated heterocycles. The molecule has 0 spiro atoms. The van der Waals surface area contributed by atoms with Crippen molar-refractivity contribution in [2.45, 2.75) is 63.4 Å². The number of nitrogens with zero attached hydrogens (tertiary/aromatic N) is 5. The molecule has 1 N–H and O–H groups in total. The van der Waals surface area contributed by atoms with Gasteiger partial charge in [-0.3, -0.25) is 14.6 Å². The molecule has 0 bridgehead atoms. The summed E-state index contributed by atoms with van der Waals surface area (Å²) in [6.07, 6.45) is -6.89. The highest BCUT2D eigenvalue weighted by Gasteiger charge is 2.37. The van der Waals surface area contributed by atoms with Crippen LogP contribution >= 0.6 is 0 Å². The topological polar surface area (TPSA) is 178 Å². The zero-order valence-corrected chi connectivity index (χ0v) is 27.8. The van der Waals surface area contributed by atoms with Crippen molar-refractivity contribution in [2.24, 2.45) is 0 Å². The van der Waals surface area contributed by atoms with Crippen molar-refractivity contribution in [3.8, 4) is 16.9 Å². The predicted molar refractivity (Wildman–Crippen MR) is 165 cm³/mol. The van der Waals surface area contributed by atoms with E-state index in [-0.39, 0.29) is 35.5 Å². The first-order valence-corrected chi connectivity index (χ1v) is 16.7. The lowest BCUT2D eigenvalue weighted by Gasteiger charge is -2.36. The molecule has 1 fully saturated rings. The van der Waals surface area contributed by atoms with Crippen LogP contribution in [0.15, 0.2) is 64.1 Å². The summed E-state index contributed by atoms with van der Waals surface area (Å²) in [6.45, 7) is 5.53. The summed E-state index contributed by atoms with van der Waals surface area (Å²) < 4.78 is 89.1. The summed E-state index contributed by atoms with van der Waals surface area (Å²) >= 11 is 0. The fourth-order valence-electron chi connectivity index (χ4n) is 4.65. The number of amides is 1. The van der Waals surface area contributed by atoms with Crippen molar-refractivity contribution in [3.63, 3.8) is 0 Å². The van der Waals surface area contributed by atoms with E-state index in [1.54, 1.807) is 36.2 Å². The molecule has 0 saturated carbocycles. The number of aromatic nitrogens is 4. The average molecular weight is 727 g/mol. The summed E-state index contributed by atoms with van der Waals surface area (Å²) in [6, 6.07) is 12.2. The van der Waals surface area contributed by atoms with Gasteiger partial charge >= 0.3 is 18.3 Å². The lowest BCUT2D eigenvalue weighted by atomic mass is 10.1. The van der Waals surface area contributed by atoms with Gasteiger partial charge in [-0.2, -0.15) is 22.9 Å². The number of halogens is 3. The van der Waals surface area contributed by atoms with Crippen LogP contribution in [0.25, 0.3) is 16.9 Å². The van der Waals surface area contributed by atoms with Gasteiger partial charge in [-0.1, -0.05) is 29.8 Å². The highest BCUT2D eigenvalue weighted by atomic mass is 32.2. The number of nitrogens with one attached hydrogen (secondary N) is 1. The second-order valence-corrected chi connectivity index (χ2v) is 12.7. The first-order chi connectivity index (χ1) is 23.6. The van der Waals surface area contributed by atoms with Crippen LogP contribution in [0.4, 0.5) is 18.0 Å². The Bertz CT molecular complexity index is 1910. The van der Waals surface area contributed by atoms with Gasteiger partial charge in [-0.15, -0.1) is 0 Å². The molecule has 2 atom stereocenters. The van der Waals surface area contributed by atoms with Gasteiger partial charge in [0.15, 0.2) is 5.69 Å². The van der Waals surface area contributed by atoms with E-state index in [2.05, 4.69) is 9.84 Å². The number of benzene rings is 2. The Morgan fingerprint density at radius 1 is 1.06 bits per heavy atom. The molecule has 2 aromatic heterocycles. The summed E-state index contributed by atoms with van der Waals surface area (Å²) in [4.78, 5) is 42.2. The molecule has 0 radical (unpaired) electrons. The number of hydrogen-bond donors (Lipinski definition) is 1. The number of carbonyl (C=O) groups is 3. The van der Waals surface area contributed by atoms with Gasteiger partial charge in [0.2, 0.25) is 5.91 Å². The highest BCUT2D eigenvalue weighted by molar-refractivity contribution is 7.90. The van der Waals surface area contributed by atoms with Crippen molar-refractivity contribution >= 4 is 28.1 Å². The third kappa shape index (κ3) is 8.79. The maximum absolute atomic E-state index is 13.5. The van der Waals surface area contributed by atoms with E-state index in [4.69, 9.17) is 18.9 Å². The second-order valence-electron chi connectivity index (χ2n) is 11.0. The molecular formula is C30H33F3N6O10S. The van der Waals surface area contributed by atoms with E-state index in [1.807, 2.05) is 11.6 Å². The lowest BCUT2D eigenvalue weighted by Crippen LogP contribution is -2.56. The Balaban J connectivity index is 1.10. The van der Waals surface area contributed by atoms with Crippen molar-refractivity contribution in [1.82, 2.24) is 24.5 Å². The van der Waals surface area contributed by atoms with Crippen LogP contribution in [0.1, 0.15) is 44.4 Å². The van der Waals surface area contributed by atoms with Crippen LogP contribution in [0.2, 0.25) is 0 Å². The predicted octanol–water partition coefficient (Wildman–Crippen LogP) is 3.55. The lowest BCUT2D eigenvalue weighted by molar-refractivity contribution is -0.146. The van der Waals surface area contributed by atoms with Crippen LogP contribution in [0.5, 0.6) is 0 Å². The smallest absolute Gasteiger partial charge is 0.463 e. The maximum Gasteiger partial charge on any atom is 0.511 e. The summed E-state index contributed by atoms with van der Waals surface area (Å²) in [5.41, 5.74) is 0.535. The number of alkyl halides is 3. The SMILES string of the molecule is CCOC(=O)OC(C)On1on1N1CC[C@H]1COC(=O)CCC(=O)NS(=O)(=O)c1ccc(-n2nc(C(F)(F)F)cc2-c2ccc(C)cc2)cc1. The Kier molecular flexibility index (Phi) is 10.5. The Hall–Kier alpha value is -5.40. The van der Waals surface area contributed by atoms with Crippen molar-refractivity contribution < 1.29 is 59.6 Å². The highest BCUT2D eigenvalue weighted by Crippen LogP contribution is 2.33. The van der Waals surface area contributed by atoms with E-state index in [9.17, 15) is 36.0 Å². The number of carbonyl (C=O) groups excluding carboxylic acids is 3. The Morgan fingerprint density at radius 3 is 2.38 bits per heavy atom. The van der Waals surface area contributed by atoms with Crippen LogP contribution in [-0.4, -0.2) is 78.3 Å². The Labute approximate surface area is 283 Å². The van der Waals surface area contributed by atoms with Gasteiger partial charge in [0, 0.05) is 25.5 Å². The van der Waals surface area contributed by atoms with Crippen molar-refractivity contribution in [2.75, 3.05) is 24.8 Å². The molecule has 20 heteroatoms. The number of sulfonamides is 1. The van der Waals surface area contributed by atoms with Gasteiger partial charge in [0.05, 0.1) is 40.3 Å². The summed E-state index contributed by atoms with van der Waals surface area (Å²) in [5, 5.41) is 6.33. The van der Waals surface area contributed by atoms with E-state index >= 15 is 0 Å². The fraction of sp³-hybridized carbons (Fsp3) is 0.400. The van der Waals surface area contributed by atoms with Crippen LogP contribution in [0, 0.1) is 6.92 Å². The molecule has 270 valence electrons. The van der Waals surface area contributed by atoms with E-state index in [0.717, 1.165) is 33.5 Å². The zero-order valence-electron chi connectivity index (χ0n) is 27.0. The van der Waals surface area contributed by atoms with Crippen LogP contribution < -0.4 is 14.6 Å². The number of esters is 1. The largest absolute Gasteiger partial charge is 0.511 e. The van der Waals surface area contributed by atoms with Crippen LogP contribution in [0.3, 0.4) is 0 Å². The van der Waals surface area contributed by atoms with Crippen LogP contribution in [-0.2, 0) is 40.0 Å². The molecule has 50 heavy (non-hydrogen) atoms. The fourth-order valence-corrected chi connectivity index (χ4v) is 5.67. The van der Waals surface area contributed by atoms with Gasteiger partial charge in [0.25, 0.3) is 16.3 Å². The molecule has 1 aliphatic heterocycles. The third-order valence-electron chi connectivity index (χ3n) is 7.33. The molecule has 3 heterocycles. The molecule has 1 amide bonds. The van der Waals surface area contributed by atoms with E-state index in [0.29, 0.717) is 18.5 Å². The number of rotatable bonds is 14. The molecule has 5 rings (SSSR count). The van der Waals surface area contributed by atoms with Crippen molar-refractivity contribution in [1.29, 1.82) is 0 Å². The summed E-state index contributed by atoms with van der Waals surface area (Å²) in [5.74, 6) is -1.71. The number of hydrogen-bond acceptors (Lipinski definition) is 12. The maximum atomic E-state index is 13.5. The van der Waals surface area contributed by atoms with Crippen molar-refractivity contribution in [3.05, 3.63) is 65.9 Å². The van der Waals surface area contributed by atoms with Gasteiger partial charge in [-0.25, -0.2) is 22.6 Å². The van der Waals surface area contributed by atoms with Gasteiger partial charge in [0.1, 0.15) is 11.6 Å². The minimum Gasteiger partial charge on any atom is -0.463 e. The quantitative estimate of drug-likeness (QED) is 0.148. The molecule has 1 unspecified atom stereocenters. The first kappa shape index (κ1) is 35.9. The molecule has 16 nitrogen and oxygen atoms in total. The summed E-state index contributed by atoms with van der Waals surface area (Å²) in [7, 11) is -4.38. The molecule has 4 aromatic rings. The van der Waals surface area contributed by atoms with Gasteiger partial charge < -0.3 is 19.0 Å². The third-order valence-corrected chi connectivity index (χ3v) is 8.72. The second kappa shape index (κ2) is 14.6. The zero-order chi connectivity index (χ0) is 36.2. The normalized spacial score (nSPS) is 15.2. The minimum atomic E-state index is -4.72. The molecule has 2 aromatic carbocycles.